The van der Waals surface area contributed by atoms with Gasteiger partial charge >= 0.3 is 5.97 Å². The first kappa shape index (κ1) is 32.2. The Balaban J connectivity index is 2.83. The number of phenols is 2. The van der Waals surface area contributed by atoms with Gasteiger partial charge in [0.25, 0.3) is 0 Å². The van der Waals surface area contributed by atoms with Crippen molar-refractivity contribution < 1.29 is 19.7 Å². The fourth-order valence-corrected chi connectivity index (χ4v) is 5.10. The highest BCUT2D eigenvalue weighted by molar-refractivity contribution is 5.81. The Morgan fingerprint density at radius 2 is 0.923 bits per heavy atom. The minimum Gasteiger partial charge on any atom is -0.507 e. The van der Waals surface area contributed by atoms with Gasteiger partial charge in [-0.1, -0.05) is 107 Å². The highest BCUT2D eigenvalue weighted by Gasteiger charge is 2.42. The van der Waals surface area contributed by atoms with Crippen molar-refractivity contribution >= 4 is 5.97 Å². The molecule has 0 spiro atoms. The molecule has 0 heterocycles. The average Bonchev–Trinajstić information content (AvgIpc) is 2.76. The quantitative estimate of drug-likeness (QED) is 0.382. The van der Waals surface area contributed by atoms with Crippen LogP contribution in [0.2, 0.25) is 0 Å². The van der Waals surface area contributed by atoms with Gasteiger partial charge in [0.1, 0.15) is 11.5 Å². The van der Waals surface area contributed by atoms with Crippen LogP contribution in [0.15, 0.2) is 24.3 Å². The topological polar surface area (TPSA) is 90.6 Å². The van der Waals surface area contributed by atoms with Crippen LogP contribution in [-0.2, 0) is 44.0 Å². The molecule has 0 aliphatic heterocycles. The number of nitriles is 1. The van der Waals surface area contributed by atoms with Crippen molar-refractivity contribution in [1.82, 2.24) is 0 Å². The third-order valence-corrected chi connectivity index (χ3v) is 7.37. The number of phenolic OH excluding ortho intramolecular Hbond substituents is 2. The van der Waals surface area contributed by atoms with E-state index in [1.54, 1.807) is 0 Å². The summed E-state index contributed by atoms with van der Waals surface area (Å²) in [5.74, 6) is -0.0968. The number of rotatable bonds is 5. The molecule has 0 bridgehead atoms. The molecule has 5 nitrogen and oxygen atoms in total. The van der Waals surface area contributed by atoms with Gasteiger partial charge in [-0.3, -0.25) is 4.79 Å². The Bertz CT molecular complexity index is 1120. The summed E-state index contributed by atoms with van der Waals surface area (Å²) in [7, 11) is 1.31. The lowest BCUT2D eigenvalue weighted by Crippen LogP contribution is -2.36. The monoisotopic (exact) mass is 535 g/mol. The Morgan fingerprint density at radius 3 is 1.10 bits per heavy atom. The van der Waals surface area contributed by atoms with Crippen LogP contribution in [-0.4, -0.2) is 23.3 Å². The molecule has 5 heteroatoms. The number of esters is 1. The normalized spacial score (nSPS) is 13.2. The van der Waals surface area contributed by atoms with E-state index in [0.717, 1.165) is 33.4 Å². The first-order valence-electron chi connectivity index (χ1n) is 13.7. The number of hydrogen-bond acceptors (Lipinski definition) is 5. The number of methoxy groups -OCH3 is 1. The predicted octanol–water partition coefficient (Wildman–Crippen LogP) is 7.76. The fraction of sp³-hybridized carbons (Fsp3) is 0.588. The molecule has 0 aromatic heterocycles. The zero-order valence-corrected chi connectivity index (χ0v) is 26.4. The standard InChI is InChI=1S/C34H49NO4/c1-30(2,3)23-14-21(15-24(27(23)36)31(4,5)6)18-34(20-35,29(38)39-13)19-22-16-25(32(7,8)9)28(37)26(17-22)33(10,11)12/h14-17,36-37H,18-19H2,1-13H3. The van der Waals surface area contributed by atoms with Crippen LogP contribution < -0.4 is 0 Å². The van der Waals surface area contributed by atoms with Crippen molar-refractivity contribution in [3.8, 4) is 17.6 Å². The smallest absolute Gasteiger partial charge is 0.326 e. The number of carbonyl (C=O) groups excluding carboxylic acids is 1. The Hall–Kier alpha value is -3.00. The van der Waals surface area contributed by atoms with Gasteiger partial charge in [0, 0.05) is 12.8 Å². The molecule has 0 fully saturated rings. The summed E-state index contributed by atoms with van der Waals surface area (Å²) in [6.45, 7) is 24.4. The summed E-state index contributed by atoms with van der Waals surface area (Å²) in [6, 6.07) is 9.98. The number of ether oxygens (including phenoxy) is 1. The second-order valence-corrected chi connectivity index (χ2v) is 15.1. The Morgan fingerprint density at radius 1 is 0.667 bits per heavy atom. The van der Waals surface area contributed by atoms with Crippen molar-refractivity contribution in [2.75, 3.05) is 7.11 Å². The lowest BCUT2D eigenvalue weighted by Gasteiger charge is -2.31. The second kappa shape index (κ2) is 10.5. The minimum atomic E-state index is -1.50. The Kier molecular flexibility index (Phi) is 8.69. The van der Waals surface area contributed by atoms with E-state index in [1.807, 2.05) is 107 Å². The predicted molar refractivity (Wildman–Crippen MR) is 158 cm³/mol. The number of benzene rings is 2. The largest absolute Gasteiger partial charge is 0.507 e. The van der Waals surface area contributed by atoms with Crippen LogP contribution in [0, 0.1) is 16.7 Å². The molecule has 0 radical (unpaired) electrons. The average molecular weight is 536 g/mol. The summed E-state index contributed by atoms with van der Waals surface area (Å²) in [5.41, 5.74) is 1.79. The molecule has 0 saturated carbocycles. The minimum absolute atomic E-state index is 0.124. The molecule has 2 rings (SSSR count). The molecule has 0 aliphatic carbocycles. The van der Waals surface area contributed by atoms with Crippen molar-refractivity contribution in [1.29, 1.82) is 5.26 Å². The maximum atomic E-state index is 13.4. The number of carbonyl (C=O) groups is 1. The van der Waals surface area contributed by atoms with Gasteiger partial charge in [0.15, 0.2) is 5.41 Å². The van der Waals surface area contributed by atoms with E-state index in [1.165, 1.54) is 7.11 Å². The van der Waals surface area contributed by atoms with Crippen LogP contribution >= 0.6 is 0 Å². The Labute approximate surface area is 236 Å². The third kappa shape index (κ3) is 6.96. The van der Waals surface area contributed by atoms with Gasteiger partial charge in [0.2, 0.25) is 0 Å². The molecule has 0 atom stereocenters. The van der Waals surface area contributed by atoms with Crippen LogP contribution in [0.25, 0.3) is 0 Å². The molecular weight excluding hydrogens is 486 g/mol. The fourth-order valence-electron chi connectivity index (χ4n) is 5.10. The second-order valence-electron chi connectivity index (χ2n) is 15.1. The first-order valence-corrected chi connectivity index (χ1v) is 13.7. The van der Waals surface area contributed by atoms with Crippen LogP contribution in [0.4, 0.5) is 0 Å². The van der Waals surface area contributed by atoms with E-state index in [2.05, 4.69) is 6.07 Å². The van der Waals surface area contributed by atoms with Gasteiger partial charge in [-0.05, 0) is 55.0 Å². The van der Waals surface area contributed by atoms with E-state index in [4.69, 9.17) is 4.74 Å². The maximum Gasteiger partial charge on any atom is 0.326 e. The van der Waals surface area contributed by atoms with E-state index in [9.17, 15) is 20.3 Å². The zero-order valence-electron chi connectivity index (χ0n) is 26.4. The van der Waals surface area contributed by atoms with Crippen molar-refractivity contribution in [3.05, 3.63) is 57.6 Å². The molecule has 0 aliphatic rings. The zero-order chi connectivity index (χ0) is 30.4. The van der Waals surface area contributed by atoms with Gasteiger partial charge in [0.05, 0.1) is 13.2 Å². The first-order chi connectivity index (χ1) is 17.5. The van der Waals surface area contributed by atoms with Gasteiger partial charge in [-0.15, -0.1) is 0 Å². The summed E-state index contributed by atoms with van der Waals surface area (Å²) < 4.78 is 5.23. The molecule has 39 heavy (non-hydrogen) atoms. The third-order valence-electron chi connectivity index (χ3n) is 7.37. The lowest BCUT2D eigenvalue weighted by atomic mass is 9.72. The van der Waals surface area contributed by atoms with Gasteiger partial charge < -0.3 is 14.9 Å². The van der Waals surface area contributed by atoms with E-state index in [-0.39, 0.29) is 46.0 Å². The highest BCUT2D eigenvalue weighted by Crippen LogP contribution is 2.43. The number of aromatic hydroxyl groups is 2. The van der Waals surface area contributed by atoms with Crippen LogP contribution in [0.5, 0.6) is 11.5 Å². The summed E-state index contributed by atoms with van der Waals surface area (Å²) in [4.78, 5) is 13.4. The highest BCUT2D eigenvalue weighted by atomic mass is 16.5. The molecule has 2 aromatic carbocycles. The number of nitrogens with zero attached hydrogens (tertiary/aromatic N) is 1. The van der Waals surface area contributed by atoms with E-state index >= 15 is 0 Å². The van der Waals surface area contributed by atoms with E-state index < -0.39 is 11.4 Å². The number of hydrogen-bond donors (Lipinski definition) is 2. The molecule has 0 amide bonds. The van der Waals surface area contributed by atoms with Crippen LogP contribution in [0.3, 0.4) is 0 Å². The summed E-state index contributed by atoms with van der Waals surface area (Å²) in [6.07, 6.45) is 0.248. The SMILES string of the molecule is COC(=O)C(C#N)(Cc1cc(C(C)(C)C)c(O)c(C(C)(C)C)c1)Cc1cc(C(C)(C)C)c(O)c(C(C)(C)C)c1. The van der Waals surface area contributed by atoms with E-state index in [0.29, 0.717) is 0 Å². The maximum absolute atomic E-state index is 13.4. The lowest BCUT2D eigenvalue weighted by molar-refractivity contribution is -0.149. The van der Waals surface area contributed by atoms with Crippen molar-refractivity contribution in [2.24, 2.45) is 5.41 Å². The summed E-state index contributed by atoms with van der Waals surface area (Å²) in [5, 5.41) is 33.0. The molecule has 214 valence electrons. The van der Waals surface area contributed by atoms with Gasteiger partial charge in [-0.25, -0.2) is 0 Å². The summed E-state index contributed by atoms with van der Waals surface area (Å²) >= 11 is 0. The molecule has 0 saturated heterocycles. The molecule has 2 aromatic rings. The molecule has 0 unspecified atom stereocenters. The van der Waals surface area contributed by atoms with Crippen LogP contribution in [0.1, 0.15) is 116 Å². The van der Waals surface area contributed by atoms with Gasteiger partial charge in [-0.2, -0.15) is 5.26 Å². The molecule has 2 N–H and O–H groups in total. The van der Waals surface area contributed by atoms with Crippen molar-refractivity contribution in [2.45, 2.75) is 118 Å². The van der Waals surface area contributed by atoms with Crippen molar-refractivity contribution in [3.63, 3.8) is 0 Å². The molecular formula is C34H49NO4.